The van der Waals surface area contributed by atoms with Crippen LogP contribution >= 0.6 is 0 Å². The van der Waals surface area contributed by atoms with Crippen molar-refractivity contribution in [1.29, 1.82) is 0 Å². The number of aromatic nitrogens is 4. The number of benzene rings is 1. The van der Waals surface area contributed by atoms with Gasteiger partial charge in [0.05, 0.1) is 41.8 Å². The Balaban J connectivity index is 1.26. The Labute approximate surface area is 229 Å². The summed E-state index contributed by atoms with van der Waals surface area (Å²) in [6, 6.07) is 6.89. The number of ether oxygens (including phenoxy) is 1. The van der Waals surface area contributed by atoms with Crippen molar-refractivity contribution in [2.75, 3.05) is 25.1 Å². The fourth-order valence-corrected chi connectivity index (χ4v) is 5.96. The van der Waals surface area contributed by atoms with Gasteiger partial charge in [0.2, 0.25) is 0 Å². The molecule has 9 nitrogen and oxygen atoms in total. The average Bonchev–Trinajstić information content (AvgIpc) is 3.71. The summed E-state index contributed by atoms with van der Waals surface area (Å²) >= 11 is 0. The Bertz CT molecular complexity index is 1600. The van der Waals surface area contributed by atoms with Gasteiger partial charge in [-0.3, -0.25) is 9.48 Å². The van der Waals surface area contributed by atoms with Crippen LogP contribution in [0, 0.1) is 11.6 Å². The lowest BCUT2D eigenvalue weighted by atomic mass is 9.99. The zero-order valence-electron chi connectivity index (χ0n) is 22.4. The molecule has 208 valence electrons. The molecule has 2 atom stereocenters. The highest BCUT2D eigenvalue weighted by Gasteiger charge is 2.32. The van der Waals surface area contributed by atoms with Crippen LogP contribution in [0.25, 0.3) is 5.52 Å². The normalized spacial score (nSPS) is 18.6. The maximum atomic E-state index is 14.6. The monoisotopic (exact) mass is 548 g/mol. The van der Waals surface area contributed by atoms with E-state index >= 15 is 0 Å². The van der Waals surface area contributed by atoms with Crippen molar-refractivity contribution >= 4 is 23.1 Å². The lowest BCUT2D eigenvalue weighted by molar-refractivity contribution is 0.0523. The van der Waals surface area contributed by atoms with E-state index in [-0.39, 0.29) is 24.6 Å². The van der Waals surface area contributed by atoms with Gasteiger partial charge in [0.15, 0.2) is 0 Å². The molecule has 4 aromatic rings. The molecular weight excluding hydrogens is 518 g/mol. The largest absolute Gasteiger partial charge is 0.462 e. The Hall–Kier alpha value is -4.28. The number of esters is 1. The van der Waals surface area contributed by atoms with Gasteiger partial charge >= 0.3 is 5.97 Å². The molecule has 1 amide bonds. The van der Waals surface area contributed by atoms with Crippen molar-refractivity contribution in [3.05, 3.63) is 82.9 Å². The number of carbonyl (C=O) groups is 2. The van der Waals surface area contributed by atoms with Crippen LogP contribution in [0.5, 0.6) is 0 Å². The molecule has 0 saturated carbocycles. The Morgan fingerprint density at radius 1 is 1.07 bits per heavy atom. The second-order valence-electron chi connectivity index (χ2n) is 10.3. The highest BCUT2D eigenvalue weighted by Crippen LogP contribution is 2.38. The van der Waals surface area contributed by atoms with Gasteiger partial charge in [-0.2, -0.15) is 10.2 Å². The minimum Gasteiger partial charge on any atom is -0.462 e. The number of pyridine rings is 1. The van der Waals surface area contributed by atoms with E-state index in [0.29, 0.717) is 54.6 Å². The van der Waals surface area contributed by atoms with Gasteiger partial charge in [0.25, 0.3) is 5.91 Å². The van der Waals surface area contributed by atoms with Crippen molar-refractivity contribution in [1.82, 2.24) is 24.3 Å². The molecule has 0 radical (unpaired) electrons. The maximum absolute atomic E-state index is 14.6. The summed E-state index contributed by atoms with van der Waals surface area (Å²) < 4.78 is 37.2. The van der Waals surface area contributed by atoms with E-state index in [1.807, 2.05) is 12.1 Å². The number of hydrogen-bond donors (Lipinski definition) is 0. The third-order valence-electron chi connectivity index (χ3n) is 8.05. The minimum atomic E-state index is -0.467. The predicted molar refractivity (Wildman–Crippen MR) is 143 cm³/mol. The first-order valence-electron chi connectivity index (χ1n) is 13.5. The lowest BCUT2D eigenvalue weighted by Gasteiger charge is -2.32. The Kier molecular flexibility index (Phi) is 6.73. The molecular formula is C29H30F2N6O3. The topological polar surface area (TPSA) is 85.0 Å². The van der Waals surface area contributed by atoms with Crippen LogP contribution in [0.3, 0.4) is 0 Å². The number of halogens is 2. The Morgan fingerprint density at radius 2 is 1.90 bits per heavy atom. The number of likely N-dealkylation sites (N-methyl/N-ethyl adjacent to an activating group) is 1. The number of aryl methyl sites for hydroxylation is 1. The van der Waals surface area contributed by atoms with E-state index in [4.69, 9.17) is 4.74 Å². The van der Waals surface area contributed by atoms with Gasteiger partial charge in [0.1, 0.15) is 17.2 Å². The number of anilines is 1. The predicted octanol–water partition coefficient (Wildman–Crippen LogP) is 4.41. The van der Waals surface area contributed by atoms with E-state index in [0.717, 1.165) is 23.9 Å². The smallest absolute Gasteiger partial charge is 0.341 e. The molecule has 0 bridgehead atoms. The Morgan fingerprint density at radius 3 is 2.73 bits per heavy atom. The zero-order chi connectivity index (χ0) is 28.0. The van der Waals surface area contributed by atoms with Crippen LogP contribution < -0.4 is 4.90 Å². The minimum absolute atomic E-state index is 0.137. The second-order valence-corrected chi connectivity index (χ2v) is 10.3. The number of nitrogens with zero attached hydrogens (tertiary/aromatic N) is 6. The third-order valence-corrected chi connectivity index (χ3v) is 8.05. The molecule has 0 spiro atoms. The summed E-state index contributed by atoms with van der Waals surface area (Å²) in [6.45, 7) is 3.31. The van der Waals surface area contributed by atoms with Gasteiger partial charge in [-0.1, -0.05) is 0 Å². The van der Waals surface area contributed by atoms with Crippen molar-refractivity contribution in [2.45, 2.75) is 51.2 Å². The number of rotatable bonds is 6. The molecule has 1 saturated heterocycles. The van der Waals surface area contributed by atoms with Crippen molar-refractivity contribution < 1.29 is 23.1 Å². The SMILES string of the molecule is CCOC(=O)c1cnn2c1CC(N(C)C(=O)c1cnn3ccc(N4CCC[C@@H]4c4cc(F)ccc4F)cc13)CC2. The van der Waals surface area contributed by atoms with Crippen LogP contribution in [0.1, 0.15) is 64.2 Å². The first kappa shape index (κ1) is 26.0. The third kappa shape index (κ3) is 4.48. The van der Waals surface area contributed by atoms with E-state index in [2.05, 4.69) is 15.1 Å². The van der Waals surface area contributed by atoms with Crippen LogP contribution in [-0.2, 0) is 17.7 Å². The average molecular weight is 549 g/mol. The van der Waals surface area contributed by atoms with Crippen molar-refractivity contribution in [2.24, 2.45) is 0 Å². The van der Waals surface area contributed by atoms with Crippen LogP contribution in [0.2, 0.25) is 0 Å². The quantitative estimate of drug-likeness (QED) is 0.332. The number of hydrogen-bond acceptors (Lipinski definition) is 6. The fraction of sp³-hybridized carbons (Fsp3) is 0.379. The number of amides is 1. The maximum Gasteiger partial charge on any atom is 0.341 e. The van der Waals surface area contributed by atoms with E-state index in [1.54, 1.807) is 40.5 Å². The molecule has 6 rings (SSSR count). The molecule has 0 aliphatic carbocycles. The number of fused-ring (bicyclic) bond motifs is 2. The molecule has 11 heteroatoms. The van der Waals surface area contributed by atoms with Crippen LogP contribution in [0.4, 0.5) is 14.5 Å². The van der Waals surface area contributed by atoms with Gasteiger partial charge in [-0.25, -0.2) is 18.1 Å². The molecule has 5 heterocycles. The fourth-order valence-electron chi connectivity index (χ4n) is 5.96. The van der Waals surface area contributed by atoms with E-state index < -0.39 is 17.6 Å². The van der Waals surface area contributed by atoms with Crippen molar-refractivity contribution in [3.63, 3.8) is 0 Å². The molecule has 2 aliphatic rings. The summed E-state index contributed by atoms with van der Waals surface area (Å²) in [5, 5.41) is 8.71. The second kappa shape index (κ2) is 10.4. The molecule has 40 heavy (non-hydrogen) atoms. The van der Waals surface area contributed by atoms with E-state index in [9.17, 15) is 18.4 Å². The molecule has 2 aliphatic heterocycles. The molecule has 0 N–H and O–H groups in total. The molecule has 1 aromatic carbocycles. The zero-order valence-corrected chi connectivity index (χ0v) is 22.4. The lowest BCUT2D eigenvalue weighted by Crippen LogP contribution is -2.42. The van der Waals surface area contributed by atoms with Crippen molar-refractivity contribution in [3.8, 4) is 0 Å². The van der Waals surface area contributed by atoms with Gasteiger partial charge in [-0.15, -0.1) is 0 Å². The highest BCUT2D eigenvalue weighted by molar-refractivity contribution is 6.01. The summed E-state index contributed by atoms with van der Waals surface area (Å²) in [7, 11) is 1.76. The van der Waals surface area contributed by atoms with Gasteiger partial charge in [0, 0.05) is 50.0 Å². The summed E-state index contributed by atoms with van der Waals surface area (Å²) in [5.41, 5.74) is 3.43. The van der Waals surface area contributed by atoms with Gasteiger partial charge in [-0.05, 0) is 56.5 Å². The summed E-state index contributed by atoms with van der Waals surface area (Å²) in [4.78, 5) is 29.9. The molecule has 3 aromatic heterocycles. The highest BCUT2D eigenvalue weighted by atomic mass is 19.1. The summed E-state index contributed by atoms with van der Waals surface area (Å²) in [6.07, 6.45) is 7.59. The van der Waals surface area contributed by atoms with E-state index in [1.165, 1.54) is 18.3 Å². The summed E-state index contributed by atoms with van der Waals surface area (Å²) in [5.74, 6) is -1.49. The number of carbonyl (C=O) groups excluding carboxylic acids is 2. The van der Waals surface area contributed by atoms with Crippen LogP contribution in [0.15, 0.2) is 48.9 Å². The first-order chi connectivity index (χ1) is 19.4. The van der Waals surface area contributed by atoms with Gasteiger partial charge < -0.3 is 14.5 Å². The van der Waals surface area contributed by atoms with Crippen LogP contribution in [-0.4, -0.2) is 62.4 Å². The molecule has 1 fully saturated rings. The standard InChI is InChI=1S/C29H30F2N6O3/c1-3-40-29(39)23-17-33-37-11-8-19(14-27(23)37)34(2)28(38)22-16-32-36-12-9-20(15-26(22)36)35-10-4-5-25(35)21-13-18(30)6-7-24(21)31/h6-7,9,12-13,15-17,19,25H,3-5,8,10-11,14H2,1-2H3/t19?,25-/m1/s1. The first-order valence-corrected chi connectivity index (χ1v) is 13.5. The molecule has 1 unspecified atom stereocenters.